The summed E-state index contributed by atoms with van der Waals surface area (Å²) >= 11 is 0. The summed E-state index contributed by atoms with van der Waals surface area (Å²) < 4.78 is 0. The number of carboxylic acids is 1. The summed E-state index contributed by atoms with van der Waals surface area (Å²) in [5.41, 5.74) is 0. The van der Waals surface area contributed by atoms with Gasteiger partial charge in [0.05, 0.1) is 0 Å². The van der Waals surface area contributed by atoms with Crippen LogP contribution in [0.25, 0.3) is 0 Å². The number of aliphatic hydroxyl groups is 1. The molecule has 0 aliphatic carbocycles. The minimum atomic E-state index is -0.997. The normalized spacial score (nSPS) is 13.4. The van der Waals surface area contributed by atoms with Crippen molar-refractivity contribution in [3.63, 3.8) is 0 Å². The molecule has 0 radical (unpaired) electrons. The van der Waals surface area contributed by atoms with Gasteiger partial charge < -0.3 is 10.2 Å². The van der Waals surface area contributed by atoms with Gasteiger partial charge in [-0.3, -0.25) is 0 Å². The smallest absolute Gasteiger partial charge is 0.328 e. The van der Waals surface area contributed by atoms with Crippen LogP contribution < -0.4 is 0 Å². The van der Waals surface area contributed by atoms with E-state index >= 15 is 0 Å². The van der Waals surface area contributed by atoms with E-state index in [1.165, 1.54) is 57.1 Å². The fraction of sp³-hybridized carbons (Fsp3) is 0.409. The summed E-state index contributed by atoms with van der Waals surface area (Å²) in [6.07, 6.45) is 28.8. The topological polar surface area (TPSA) is 57.5 Å². The van der Waals surface area contributed by atoms with Gasteiger partial charge in [0.1, 0.15) is 5.76 Å². The Labute approximate surface area is 152 Å². The Morgan fingerprint density at radius 2 is 1.32 bits per heavy atom. The maximum absolute atomic E-state index is 10.2. The predicted octanol–water partition coefficient (Wildman–Crippen LogP) is 6.43. The SMILES string of the molecule is CCCCCCCCCC=CC=CC=CC(O)=CC=CC=CC(=O)O. The second kappa shape index (κ2) is 18.1. The van der Waals surface area contributed by atoms with Gasteiger partial charge in [-0.2, -0.15) is 0 Å². The van der Waals surface area contributed by atoms with Crippen molar-refractivity contribution in [3.8, 4) is 0 Å². The molecule has 0 bridgehead atoms. The van der Waals surface area contributed by atoms with Crippen molar-refractivity contribution >= 4 is 5.97 Å². The van der Waals surface area contributed by atoms with Crippen LogP contribution in [0.2, 0.25) is 0 Å². The Kier molecular flexibility index (Phi) is 16.4. The van der Waals surface area contributed by atoms with Crippen molar-refractivity contribution < 1.29 is 15.0 Å². The highest BCUT2D eigenvalue weighted by Gasteiger charge is 1.88. The second-order valence-electron chi connectivity index (χ2n) is 5.76. The average molecular weight is 344 g/mol. The zero-order valence-corrected chi connectivity index (χ0v) is 15.3. The van der Waals surface area contributed by atoms with E-state index in [1.54, 1.807) is 24.3 Å². The van der Waals surface area contributed by atoms with Crippen molar-refractivity contribution in [1.82, 2.24) is 0 Å². The molecule has 0 fully saturated rings. The van der Waals surface area contributed by atoms with E-state index in [0.29, 0.717) is 0 Å². The van der Waals surface area contributed by atoms with Crippen LogP contribution >= 0.6 is 0 Å². The van der Waals surface area contributed by atoms with Gasteiger partial charge in [-0.1, -0.05) is 94.1 Å². The first kappa shape index (κ1) is 22.7. The molecule has 0 atom stereocenters. The highest BCUT2D eigenvalue weighted by Crippen LogP contribution is 2.08. The van der Waals surface area contributed by atoms with Crippen molar-refractivity contribution in [3.05, 3.63) is 72.6 Å². The molecule has 0 aliphatic heterocycles. The van der Waals surface area contributed by atoms with Gasteiger partial charge in [-0.05, 0) is 25.0 Å². The summed E-state index contributed by atoms with van der Waals surface area (Å²) in [6, 6.07) is 0. The first-order valence-electron chi connectivity index (χ1n) is 9.13. The molecule has 138 valence electrons. The lowest BCUT2D eigenvalue weighted by Crippen LogP contribution is -1.84. The summed E-state index contributed by atoms with van der Waals surface area (Å²) in [5.74, 6) is -0.889. The van der Waals surface area contributed by atoms with Crippen molar-refractivity contribution in [1.29, 1.82) is 0 Å². The zero-order valence-electron chi connectivity index (χ0n) is 15.3. The zero-order chi connectivity index (χ0) is 18.6. The quantitative estimate of drug-likeness (QED) is 0.165. The maximum Gasteiger partial charge on any atom is 0.328 e. The molecular formula is C22H32O3. The van der Waals surface area contributed by atoms with Crippen LogP contribution in [-0.4, -0.2) is 16.2 Å². The molecule has 0 unspecified atom stereocenters. The van der Waals surface area contributed by atoms with Gasteiger partial charge in [-0.15, -0.1) is 0 Å². The Hall–Kier alpha value is -2.29. The molecule has 2 N–H and O–H groups in total. The van der Waals surface area contributed by atoms with Crippen molar-refractivity contribution in [2.75, 3.05) is 0 Å². The highest BCUT2D eigenvalue weighted by molar-refractivity contribution is 5.80. The summed E-state index contributed by atoms with van der Waals surface area (Å²) in [5, 5.41) is 18.0. The maximum atomic E-state index is 10.2. The van der Waals surface area contributed by atoms with E-state index in [9.17, 15) is 9.90 Å². The molecule has 0 heterocycles. The van der Waals surface area contributed by atoms with Crippen LogP contribution in [-0.2, 0) is 4.79 Å². The van der Waals surface area contributed by atoms with Crippen LogP contribution in [0.5, 0.6) is 0 Å². The lowest BCUT2D eigenvalue weighted by Gasteiger charge is -1.98. The fourth-order valence-electron chi connectivity index (χ4n) is 2.09. The van der Waals surface area contributed by atoms with Crippen LogP contribution in [0.4, 0.5) is 0 Å². The summed E-state index contributed by atoms with van der Waals surface area (Å²) in [6.45, 7) is 2.24. The number of unbranched alkanes of at least 4 members (excludes halogenated alkanes) is 7. The number of carboxylic acid groups (broad SMARTS) is 1. The number of hydrogen-bond acceptors (Lipinski definition) is 2. The predicted molar refractivity (Wildman–Crippen MR) is 107 cm³/mol. The standard InChI is InChI=1S/C22H32O3/c1-2-3-4-5-6-7-8-9-10-11-12-13-15-18-21(23)19-16-14-17-20-22(24)25/h10-20,23H,2-9H2,1H3,(H,24,25). The molecular weight excluding hydrogens is 312 g/mol. The molecule has 0 aliphatic rings. The number of allylic oxidation sites excluding steroid dienone is 10. The van der Waals surface area contributed by atoms with Crippen molar-refractivity contribution in [2.24, 2.45) is 0 Å². The van der Waals surface area contributed by atoms with E-state index < -0.39 is 5.97 Å². The van der Waals surface area contributed by atoms with Crippen LogP contribution in [0, 0.1) is 0 Å². The van der Waals surface area contributed by atoms with Gasteiger partial charge in [0, 0.05) is 6.08 Å². The first-order valence-corrected chi connectivity index (χ1v) is 9.13. The molecule has 0 aromatic heterocycles. The number of carbonyl (C=O) groups is 1. The first-order chi connectivity index (χ1) is 12.2. The molecule has 0 amide bonds. The molecule has 0 spiro atoms. The van der Waals surface area contributed by atoms with Crippen LogP contribution in [0.15, 0.2) is 72.6 Å². The summed E-state index contributed by atoms with van der Waals surface area (Å²) in [7, 11) is 0. The Balaban J connectivity index is 3.77. The number of aliphatic carboxylic acids is 1. The van der Waals surface area contributed by atoms with Crippen LogP contribution in [0.3, 0.4) is 0 Å². The molecule has 0 saturated carbocycles. The van der Waals surface area contributed by atoms with E-state index in [0.717, 1.165) is 12.5 Å². The van der Waals surface area contributed by atoms with E-state index in [2.05, 4.69) is 13.0 Å². The Morgan fingerprint density at radius 1 is 0.720 bits per heavy atom. The lowest BCUT2D eigenvalue weighted by molar-refractivity contribution is -0.131. The number of aliphatic hydroxyl groups excluding tert-OH is 1. The highest BCUT2D eigenvalue weighted by atomic mass is 16.4. The minimum absolute atomic E-state index is 0.108. The molecule has 0 aromatic carbocycles. The Morgan fingerprint density at radius 3 is 2.04 bits per heavy atom. The summed E-state index contributed by atoms with van der Waals surface area (Å²) in [4.78, 5) is 10.2. The minimum Gasteiger partial charge on any atom is -0.508 e. The third-order valence-corrected chi connectivity index (χ3v) is 3.44. The molecule has 0 rings (SSSR count). The second-order valence-corrected chi connectivity index (χ2v) is 5.76. The van der Waals surface area contributed by atoms with E-state index in [4.69, 9.17) is 5.11 Å². The average Bonchev–Trinajstić information content (AvgIpc) is 2.58. The van der Waals surface area contributed by atoms with Crippen molar-refractivity contribution in [2.45, 2.75) is 58.3 Å². The van der Waals surface area contributed by atoms with Gasteiger partial charge in [0.2, 0.25) is 0 Å². The number of rotatable bonds is 14. The third kappa shape index (κ3) is 19.7. The molecule has 0 saturated heterocycles. The monoisotopic (exact) mass is 344 g/mol. The van der Waals surface area contributed by atoms with Gasteiger partial charge in [-0.25, -0.2) is 4.79 Å². The molecule has 0 aromatic rings. The fourth-order valence-corrected chi connectivity index (χ4v) is 2.09. The lowest BCUT2D eigenvalue weighted by atomic mass is 10.1. The van der Waals surface area contributed by atoms with E-state index in [1.807, 2.05) is 18.2 Å². The van der Waals surface area contributed by atoms with Crippen LogP contribution in [0.1, 0.15) is 58.3 Å². The largest absolute Gasteiger partial charge is 0.508 e. The molecule has 3 heteroatoms. The Bertz CT molecular complexity index is 505. The van der Waals surface area contributed by atoms with Gasteiger partial charge in [0.25, 0.3) is 0 Å². The van der Waals surface area contributed by atoms with Gasteiger partial charge in [0.15, 0.2) is 0 Å². The van der Waals surface area contributed by atoms with Gasteiger partial charge >= 0.3 is 5.97 Å². The third-order valence-electron chi connectivity index (χ3n) is 3.44. The molecule has 3 nitrogen and oxygen atoms in total. The van der Waals surface area contributed by atoms with E-state index in [-0.39, 0.29) is 5.76 Å². The number of hydrogen-bond donors (Lipinski definition) is 2. The molecule has 25 heavy (non-hydrogen) atoms.